The molecule has 5 nitrogen and oxygen atoms in total. The van der Waals surface area contributed by atoms with Gasteiger partial charge in [-0.15, -0.1) is 0 Å². The Labute approximate surface area is 63.5 Å². The number of anilines is 1. The highest BCUT2D eigenvalue weighted by atomic mass is 15.0. The quantitative estimate of drug-likeness (QED) is 0.430. The number of imidazole rings is 1. The summed E-state index contributed by atoms with van der Waals surface area (Å²) < 4.78 is 0. The molecule has 11 heavy (non-hydrogen) atoms. The smallest absolute Gasteiger partial charge is 0.189 e. The lowest BCUT2D eigenvalue weighted by Gasteiger charge is -1.94. The van der Waals surface area contributed by atoms with Gasteiger partial charge in [0.05, 0.1) is 12.1 Å². The van der Waals surface area contributed by atoms with Crippen molar-refractivity contribution < 1.29 is 0 Å². The van der Waals surface area contributed by atoms with E-state index in [1.165, 1.54) is 0 Å². The van der Waals surface area contributed by atoms with Crippen LogP contribution in [0, 0.1) is 0 Å². The molecule has 54 valence electrons. The number of aromatic amines is 1. The number of H-pyrrole nitrogens is 1. The SMILES string of the molecule is Bc1nc(N)c2nc[nH]c2n1. The Morgan fingerprint density at radius 1 is 1.45 bits per heavy atom. The zero-order valence-corrected chi connectivity index (χ0v) is 6.00. The van der Waals surface area contributed by atoms with Gasteiger partial charge in [-0.05, 0) is 0 Å². The van der Waals surface area contributed by atoms with Crippen molar-refractivity contribution in [2.75, 3.05) is 5.73 Å². The van der Waals surface area contributed by atoms with Crippen LogP contribution in [-0.4, -0.2) is 27.8 Å². The molecule has 0 spiro atoms. The van der Waals surface area contributed by atoms with Gasteiger partial charge >= 0.3 is 0 Å². The lowest BCUT2D eigenvalue weighted by atomic mass is 10.1. The molecule has 2 rings (SSSR count). The van der Waals surface area contributed by atoms with Crippen molar-refractivity contribution in [1.82, 2.24) is 19.9 Å². The fourth-order valence-electron chi connectivity index (χ4n) is 0.974. The average Bonchev–Trinajstić information content (AvgIpc) is 2.34. The Kier molecular flexibility index (Phi) is 1.09. The largest absolute Gasteiger partial charge is 0.382 e. The molecule has 2 heterocycles. The van der Waals surface area contributed by atoms with Crippen LogP contribution in [0.3, 0.4) is 0 Å². The van der Waals surface area contributed by atoms with E-state index in [2.05, 4.69) is 19.9 Å². The van der Waals surface area contributed by atoms with Crippen LogP contribution in [0.2, 0.25) is 0 Å². The van der Waals surface area contributed by atoms with Crippen molar-refractivity contribution in [1.29, 1.82) is 0 Å². The maximum Gasteiger partial charge on any atom is 0.189 e. The molecule has 0 atom stereocenters. The van der Waals surface area contributed by atoms with E-state index in [9.17, 15) is 0 Å². The van der Waals surface area contributed by atoms with Crippen LogP contribution < -0.4 is 11.5 Å². The molecule has 0 bridgehead atoms. The summed E-state index contributed by atoms with van der Waals surface area (Å²) >= 11 is 0. The zero-order valence-electron chi connectivity index (χ0n) is 6.00. The third-order valence-electron chi connectivity index (χ3n) is 1.42. The molecule has 6 heteroatoms. The fourth-order valence-corrected chi connectivity index (χ4v) is 0.974. The second kappa shape index (κ2) is 1.95. The molecule has 0 amide bonds. The standard InChI is InChI=1S/C5H6BN5/c6-5-10-3(7)2-4(11-5)9-1-8-2/h1H,6H2,(H3,7,8,9,10,11). The van der Waals surface area contributed by atoms with Crippen molar-refractivity contribution >= 4 is 30.6 Å². The van der Waals surface area contributed by atoms with Gasteiger partial charge in [0.1, 0.15) is 5.52 Å². The first kappa shape index (κ1) is 6.15. The molecule has 0 aliphatic heterocycles. The van der Waals surface area contributed by atoms with Gasteiger partial charge < -0.3 is 10.7 Å². The van der Waals surface area contributed by atoms with Gasteiger partial charge in [-0.2, -0.15) is 0 Å². The molecule has 0 aromatic carbocycles. The van der Waals surface area contributed by atoms with Gasteiger partial charge in [0.2, 0.25) is 0 Å². The number of rotatable bonds is 0. The van der Waals surface area contributed by atoms with E-state index in [1.54, 1.807) is 14.2 Å². The Balaban J connectivity index is 2.91. The van der Waals surface area contributed by atoms with Crippen LogP contribution in [0.5, 0.6) is 0 Å². The molecule has 2 aromatic rings. The molecule has 0 saturated heterocycles. The monoisotopic (exact) mass is 147 g/mol. The lowest BCUT2D eigenvalue weighted by molar-refractivity contribution is 1.27. The van der Waals surface area contributed by atoms with Gasteiger partial charge in [0, 0.05) is 0 Å². The Morgan fingerprint density at radius 3 is 3.09 bits per heavy atom. The number of hydrogen-bond donors (Lipinski definition) is 2. The van der Waals surface area contributed by atoms with Crippen molar-refractivity contribution in [2.45, 2.75) is 0 Å². The number of nitrogens with two attached hydrogens (primary N) is 1. The third kappa shape index (κ3) is 0.831. The zero-order chi connectivity index (χ0) is 7.84. The Morgan fingerprint density at radius 2 is 2.27 bits per heavy atom. The summed E-state index contributed by atoms with van der Waals surface area (Å²) in [6, 6.07) is 0. The summed E-state index contributed by atoms with van der Waals surface area (Å²) in [5.41, 5.74) is 7.54. The fraction of sp³-hybridized carbons (Fsp3) is 0. The van der Waals surface area contributed by atoms with E-state index in [4.69, 9.17) is 5.73 Å². The van der Waals surface area contributed by atoms with Gasteiger partial charge in [0.15, 0.2) is 19.3 Å². The Bertz CT molecular complexity index is 395. The lowest BCUT2D eigenvalue weighted by Crippen LogP contribution is -2.15. The number of hydrogen-bond acceptors (Lipinski definition) is 4. The van der Waals surface area contributed by atoms with E-state index < -0.39 is 0 Å². The van der Waals surface area contributed by atoms with Crippen molar-refractivity contribution in [3.63, 3.8) is 0 Å². The molecular weight excluding hydrogens is 141 g/mol. The molecule has 0 aliphatic rings. The molecule has 2 aromatic heterocycles. The topological polar surface area (TPSA) is 80.5 Å². The van der Waals surface area contributed by atoms with Gasteiger partial charge in [-0.25, -0.2) is 15.0 Å². The van der Waals surface area contributed by atoms with E-state index in [-0.39, 0.29) is 0 Å². The molecule has 0 saturated carbocycles. The van der Waals surface area contributed by atoms with Gasteiger partial charge in [0.25, 0.3) is 0 Å². The first-order valence-corrected chi connectivity index (χ1v) is 3.20. The molecule has 0 aliphatic carbocycles. The highest BCUT2D eigenvalue weighted by Crippen LogP contribution is 2.08. The molecular formula is C5H6BN5. The molecule has 0 fully saturated rings. The minimum atomic E-state index is 0.425. The van der Waals surface area contributed by atoms with E-state index in [0.29, 0.717) is 22.7 Å². The van der Waals surface area contributed by atoms with Gasteiger partial charge in [-0.1, -0.05) is 0 Å². The minimum absolute atomic E-state index is 0.425. The maximum atomic E-state index is 5.57. The van der Waals surface area contributed by atoms with Crippen molar-refractivity contribution in [3.8, 4) is 0 Å². The van der Waals surface area contributed by atoms with E-state index in [0.717, 1.165) is 0 Å². The number of fused-ring (bicyclic) bond motifs is 1. The summed E-state index contributed by atoms with van der Waals surface area (Å²) in [5, 5.41) is 0. The second-order valence-electron chi connectivity index (χ2n) is 2.26. The summed E-state index contributed by atoms with van der Waals surface area (Å²) in [5.74, 6) is 0.425. The van der Waals surface area contributed by atoms with E-state index in [1.807, 2.05) is 0 Å². The average molecular weight is 147 g/mol. The van der Waals surface area contributed by atoms with Crippen LogP contribution in [-0.2, 0) is 0 Å². The molecule has 0 unspecified atom stereocenters. The summed E-state index contributed by atoms with van der Waals surface area (Å²) in [7, 11) is 1.79. The normalized spacial score (nSPS) is 10.5. The van der Waals surface area contributed by atoms with E-state index >= 15 is 0 Å². The van der Waals surface area contributed by atoms with Crippen LogP contribution >= 0.6 is 0 Å². The van der Waals surface area contributed by atoms with Crippen LogP contribution in [0.15, 0.2) is 6.33 Å². The molecule has 3 N–H and O–H groups in total. The van der Waals surface area contributed by atoms with Crippen molar-refractivity contribution in [2.24, 2.45) is 0 Å². The second-order valence-corrected chi connectivity index (χ2v) is 2.26. The summed E-state index contributed by atoms with van der Waals surface area (Å²) in [6.45, 7) is 0. The number of nitrogens with zero attached hydrogens (tertiary/aromatic N) is 3. The number of aromatic nitrogens is 4. The number of nitrogens with one attached hydrogen (secondary N) is 1. The van der Waals surface area contributed by atoms with Crippen LogP contribution in [0.4, 0.5) is 5.82 Å². The third-order valence-corrected chi connectivity index (χ3v) is 1.42. The van der Waals surface area contributed by atoms with Crippen molar-refractivity contribution in [3.05, 3.63) is 6.33 Å². The summed E-state index contributed by atoms with van der Waals surface area (Å²) in [4.78, 5) is 14.9. The summed E-state index contributed by atoms with van der Waals surface area (Å²) in [6.07, 6.45) is 1.55. The predicted octanol–water partition coefficient (Wildman–Crippen LogP) is -1.81. The highest BCUT2D eigenvalue weighted by molar-refractivity contribution is 6.29. The maximum absolute atomic E-state index is 5.57. The first-order chi connectivity index (χ1) is 5.27. The predicted molar refractivity (Wildman–Crippen MR) is 44.3 cm³/mol. The molecule has 0 radical (unpaired) electrons. The van der Waals surface area contributed by atoms with Gasteiger partial charge in [-0.3, -0.25) is 0 Å². The van der Waals surface area contributed by atoms with Crippen LogP contribution in [0.1, 0.15) is 0 Å². The first-order valence-electron chi connectivity index (χ1n) is 3.20. The highest BCUT2D eigenvalue weighted by Gasteiger charge is 2.02. The minimum Gasteiger partial charge on any atom is -0.382 e. The Hall–Kier alpha value is -1.59. The number of nitrogen functional groups attached to an aromatic ring is 1. The van der Waals surface area contributed by atoms with Crippen LogP contribution in [0.25, 0.3) is 11.2 Å².